The van der Waals surface area contributed by atoms with E-state index < -0.39 is 5.91 Å². The van der Waals surface area contributed by atoms with Crippen LogP contribution in [0.5, 0.6) is 5.75 Å². The number of nitrogens with zero attached hydrogens (tertiary/aromatic N) is 4. The number of aromatic nitrogens is 4. The summed E-state index contributed by atoms with van der Waals surface area (Å²) in [4.78, 5) is 13.2. The van der Waals surface area contributed by atoms with E-state index >= 15 is 0 Å². The number of carbonyl (C=O) groups excluding carboxylic acids is 1. The molecule has 1 N–H and O–H groups in total. The molecule has 1 aromatic carbocycles. The van der Waals surface area contributed by atoms with Gasteiger partial charge in [-0.1, -0.05) is 23.3 Å². The van der Waals surface area contributed by atoms with Crippen LogP contribution in [-0.4, -0.2) is 33.2 Å². The van der Waals surface area contributed by atoms with Gasteiger partial charge in [0.1, 0.15) is 5.75 Å². The van der Waals surface area contributed by atoms with Crippen LogP contribution < -0.4 is 10.1 Å². The number of amides is 1. The molecule has 0 fully saturated rings. The third-order valence-corrected chi connectivity index (χ3v) is 2.46. The maximum absolute atomic E-state index is 12.1. The fourth-order valence-corrected chi connectivity index (χ4v) is 1.55. The molecule has 0 spiro atoms. The van der Waals surface area contributed by atoms with Crippen LogP contribution in [0.15, 0.2) is 24.8 Å². The monoisotopic (exact) mass is 279 g/mol. The van der Waals surface area contributed by atoms with Gasteiger partial charge in [-0.15, -0.1) is 9.90 Å². The zero-order chi connectivity index (χ0) is 13.8. The van der Waals surface area contributed by atoms with E-state index in [1.165, 1.54) is 19.4 Å². The quantitative estimate of drug-likeness (QED) is 0.921. The number of hydrogen-bond donors (Lipinski definition) is 1. The summed E-state index contributed by atoms with van der Waals surface area (Å²) < 4.78 is 5.09. The first-order chi connectivity index (χ1) is 9.13. The van der Waals surface area contributed by atoms with Gasteiger partial charge in [0.15, 0.2) is 0 Å². The van der Waals surface area contributed by atoms with Crippen molar-refractivity contribution >= 4 is 29.7 Å². The number of anilines is 1. The molecular formula is C11H10ClN5O2. The van der Waals surface area contributed by atoms with Gasteiger partial charge < -0.3 is 4.74 Å². The molecule has 0 saturated heterocycles. The lowest BCUT2D eigenvalue weighted by Gasteiger charge is -2.07. The van der Waals surface area contributed by atoms with Crippen LogP contribution in [0.1, 0.15) is 10.4 Å². The predicted octanol–water partition coefficient (Wildman–Crippen LogP) is 1.69. The van der Waals surface area contributed by atoms with E-state index in [1.54, 1.807) is 12.1 Å². The van der Waals surface area contributed by atoms with Gasteiger partial charge in [-0.2, -0.15) is 0 Å². The van der Waals surface area contributed by atoms with Gasteiger partial charge in [0.05, 0.1) is 12.7 Å². The number of hydrogen-bond acceptors (Lipinski definition) is 5. The molecule has 19 heavy (non-hydrogen) atoms. The van der Waals surface area contributed by atoms with Crippen LogP contribution in [0.25, 0.3) is 6.20 Å². The number of tetrazole rings is 1. The van der Waals surface area contributed by atoms with E-state index in [2.05, 4.69) is 27.3 Å². The molecule has 7 nitrogen and oxygen atoms in total. The highest BCUT2D eigenvalue weighted by molar-refractivity contribution is 6.31. The molecule has 0 atom stereocenters. The van der Waals surface area contributed by atoms with Crippen molar-refractivity contribution in [2.75, 3.05) is 12.4 Å². The fourth-order valence-electron chi connectivity index (χ4n) is 1.38. The molecule has 0 aliphatic carbocycles. The Kier molecular flexibility index (Phi) is 3.76. The Morgan fingerprint density at radius 1 is 1.58 bits per heavy atom. The molecular weight excluding hydrogens is 270 g/mol. The summed E-state index contributed by atoms with van der Waals surface area (Å²) in [6.07, 6.45) is 1.35. The van der Waals surface area contributed by atoms with E-state index in [1.807, 2.05) is 0 Å². The molecule has 1 aromatic heterocycles. The van der Waals surface area contributed by atoms with Crippen LogP contribution in [0.3, 0.4) is 0 Å². The Bertz CT molecular complexity index is 625. The average Bonchev–Trinajstić information content (AvgIpc) is 2.86. The number of halogens is 1. The van der Waals surface area contributed by atoms with Crippen LogP contribution >= 0.6 is 11.6 Å². The Balaban J connectivity index is 2.24. The summed E-state index contributed by atoms with van der Waals surface area (Å²) in [5.74, 6) is 0.0212. The minimum atomic E-state index is -0.442. The molecule has 0 aliphatic rings. The number of methoxy groups -OCH3 is 1. The Morgan fingerprint density at radius 2 is 2.37 bits per heavy atom. The summed E-state index contributed by atoms with van der Waals surface area (Å²) in [7, 11) is 1.46. The minimum Gasteiger partial charge on any atom is -0.496 e. The maximum atomic E-state index is 12.1. The first-order valence-corrected chi connectivity index (χ1v) is 5.59. The van der Waals surface area contributed by atoms with E-state index in [0.717, 1.165) is 4.80 Å². The van der Waals surface area contributed by atoms with Gasteiger partial charge in [0, 0.05) is 11.2 Å². The van der Waals surface area contributed by atoms with Gasteiger partial charge in [0.25, 0.3) is 11.9 Å². The maximum Gasteiger partial charge on any atom is 0.270 e. The highest BCUT2D eigenvalue weighted by Gasteiger charge is 2.15. The lowest BCUT2D eigenvalue weighted by Crippen LogP contribution is -2.14. The third kappa shape index (κ3) is 2.89. The molecule has 0 unspecified atom stereocenters. The van der Waals surface area contributed by atoms with Crippen molar-refractivity contribution in [1.29, 1.82) is 0 Å². The summed E-state index contributed by atoms with van der Waals surface area (Å²) in [6, 6.07) is 4.72. The number of nitrogens with one attached hydrogen (secondary N) is 1. The van der Waals surface area contributed by atoms with Crippen molar-refractivity contribution < 1.29 is 9.53 Å². The van der Waals surface area contributed by atoms with Gasteiger partial charge in [-0.25, -0.2) is 0 Å². The summed E-state index contributed by atoms with van der Waals surface area (Å²) >= 11 is 5.85. The molecule has 0 radical (unpaired) electrons. The number of carbonyl (C=O) groups is 1. The van der Waals surface area contributed by atoms with Gasteiger partial charge >= 0.3 is 0 Å². The number of benzene rings is 1. The van der Waals surface area contributed by atoms with E-state index in [9.17, 15) is 4.79 Å². The molecule has 0 bridgehead atoms. The SMILES string of the molecule is C=Cn1nnc(NC(=O)c2cc(Cl)ccc2OC)n1. The first-order valence-electron chi connectivity index (χ1n) is 5.21. The smallest absolute Gasteiger partial charge is 0.270 e. The second-order valence-corrected chi connectivity index (χ2v) is 3.85. The van der Waals surface area contributed by atoms with E-state index in [-0.39, 0.29) is 11.5 Å². The predicted molar refractivity (Wildman–Crippen MR) is 70.2 cm³/mol. The molecule has 0 aliphatic heterocycles. The molecule has 8 heteroatoms. The van der Waals surface area contributed by atoms with Crippen LogP contribution in [-0.2, 0) is 0 Å². The number of ether oxygens (including phenoxy) is 1. The van der Waals surface area contributed by atoms with Crippen LogP contribution in [0.2, 0.25) is 5.02 Å². The molecule has 1 heterocycles. The van der Waals surface area contributed by atoms with Crippen molar-refractivity contribution in [1.82, 2.24) is 20.2 Å². The molecule has 1 amide bonds. The highest BCUT2D eigenvalue weighted by Crippen LogP contribution is 2.23. The number of rotatable bonds is 4. The molecule has 2 rings (SSSR count). The van der Waals surface area contributed by atoms with Gasteiger partial charge in [-0.05, 0) is 23.4 Å². The molecule has 2 aromatic rings. The molecule has 0 saturated carbocycles. The van der Waals surface area contributed by atoms with Crippen molar-refractivity contribution in [2.24, 2.45) is 0 Å². The van der Waals surface area contributed by atoms with Crippen molar-refractivity contribution in [3.8, 4) is 5.75 Å². The Morgan fingerprint density at radius 3 is 3.00 bits per heavy atom. The standard InChI is InChI=1S/C11H10ClN5O2/c1-3-17-15-11(14-16-17)13-10(18)8-6-7(12)4-5-9(8)19-2/h3-6H,1H2,2H3,(H,13,15,18). The average molecular weight is 280 g/mol. The van der Waals surface area contributed by atoms with Gasteiger partial charge in [-0.3, -0.25) is 10.1 Å². The van der Waals surface area contributed by atoms with Crippen molar-refractivity contribution in [2.45, 2.75) is 0 Å². The largest absolute Gasteiger partial charge is 0.496 e. The Labute approximate surface area is 113 Å². The van der Waals surface area contributed by atoms with Crippen molar-refractivity contribution in [3.05, 3.63) is 35.4 Å². The lowest BCUT2D eigenvalue weighted by atomic mass is 10.2. The molecule has 98 valence electrons. The fraction of sp³-hybridized carbons (Fsp3) is 0.0909. The summed E-state index contributed by atoms with van der Waals surface area (Å²) in [5.41, 5.74) is 0.282. The normalized spacial score (nSPS) is 10.0. The first kappa shape index (κ1) is 13.0. The topological polar surface area (TPSA) is 81.9 Å². The third-order valence-electron chi connectivity index (χ3n) is 2.22. The second-order valence-electron chi connectivity index (χ2n) is 3.41. The zero-order valence-electron chi connectivity index (χ0n) is 10.00. The minimum absolute atomic E-state index is 0.0620. The Hall–Kier alpha value is -2.41. The zero-order valence-corrected chi connectivity index (χ0v) is 10.8. The van der Waals surface area contributed by atoms with Gasteiger partial charge in [0.2, 0.25) is 0 Å². The van der Waals surface area contributed by atoms with Crippen LogP contribution in [0.4, 0.5) is 5.95 Å². The highest BCUT2D eigenvalue weighted by atomic mass is 35.5. The second kappa shape index (κ2) is 5.49. The van der Waals surface area contributed by atoms with Crippen molar-refractivity contribution in [3.63, 3.8) is 0 Å². The van der Waals surface area contributed by atoms with Crippen LogP contribution in [0, 0.1) is 0 Å². The summed E-state index contributed by atoms with van der Waals surface area (Å²) in [5, 5.41) is 14.0. The summed E-state index contributed by atoms with van der Waals surface area (Å²) in [6.45, 7) is 3.47. The lowest BCUT2D eigenvalue weighted by molar-refractivity contribution is 0.102. The van der Waals surface area contributed by atoms with E-state index in [4.69, 9.17) is 16.3 Å². The van der Waals surface area contributed by atoms with E-state index in [0.29, 0.717) is 10.8 Å².